The molecule has 26 heavy (non-hydrogen) atoms. The van der Waals surface area contributed by atoms with E-state index in [0.29, 0.717) is 6.54 Å². The molecule has 0 saturated heterocycles. The molecule has 3 aromatic rings. The van der Waals surface area contributed by atoms with Crippen molar-refractivity contribution in [3.63, 3.8) is 0 Å². The van der Waals surface area contributed by atoms with E-state index in [4.69, 9.17) is 0 Å². The van der Waals surface area contributed by atoms with Crippen LogP contribution in [-0.2, 0) is 16.6 Å². The van der Waals surface area contributed by atoms with Gasteiger partial charge in [-0.15, -0.1) is 11.3 Å². The van der Waals surface area contributed by atoms with Gasteiger partial charge in [-0.05, 0) is 36.1 Å². The highest BCUT2D eigenvalue weighted by Crippen LogP contribution is 2.22. The molecule has 1 amide bonds. The second-order valence-electron chi connectivity index (χ2n) is 5.75. The van der Waals surface area contributed by atoms with Crippen LogP contribution in [-0.4, -0.2) is 14.3 Å². The average Bonchev–Trinajstić information content (AvgIpc) is 3.17. The summed E-state index contributed by atoms with van der Waals surface area (Å²) in [5.74, 6) is -0.338. The fourth-order valence-electron chi connectivity index (χ4n) is 2.37. The molecular formula is C19H18N2O3S2. The van der Waals surface area contributed by atoms with E-state index in [1.54, 1.807) is 35.7 Å². The molecular weight excluding hydrogens is 368 g/mol. The van der Waals surface area contributed by atoms with E-state index in [1.165, 1.54) is 6.07 Å². The molecule has 2 N–H and O–H groups in total. The van der Waals surface area contributed by atoms with Gasteiger partial charge in [-0.25, -0.2) is 8.42 Å². The zero-order valence-corrected chi connectivity index (χ0v) is 15.7. The number of rotatable bonds is 6. The van der Waals surface area contributed by atoms with E-state index in [2.05, 4.69) is 10.0 Å². The van der Waals surface area contributed by atoms with Gasteiger partial charge in [0.2, 0.25) is 0 Å². The van der Waals surface area contributed by atoms with E-state index in [0.717, 1.165) is 22.5 Å². The quantitative estimate of drug-likeness (QED) is 0.677. The summed E-state index contributed by atoms with van der Waals surface area (Å²) >= 11 is 1.12. The van der Waals surface area contributed by atoms with E-state index in [-0.39, 0.29) is 21.4 Å². The van der Waals surface area contributed by atoms with E-state index >= 15 is 0 Å². The second kappa shape index (κ2) is 7.72. The molecule has 0 fully saturated rings. The predicted octanol–water partition coefficient (Wildman–Crippen LogP) is 3.79. The van der Waals surface area contributed by atoms with Crippen LogP contribution in [0.15, 0.2) is 70.3 Å². The Morgan fingerprint density at radius 1 is 1.00 bits per heavy atom. The van der Waals surface area contributed by atoms with Crippen LogP contribution in [0.2, 0.25) is 0 Å². The molecule has 134 valence electrons. The summed E-state index contributed by atoms with van der Waals surface area (Å²) in [6.45, 7) is 2.36. The first-order valence-electron chi connectivity index (χ1n) is 7.95. The molecule has 0 spiro atoms. The third-order valence-corrected chi connectivity index (χ3v) is 6.51. The largest absolute Gasteiger partial charge is 0.348 e. The van der Waals surface area contributed by atoms with Crippen LogP contribution in [0.25, 0.3) is 0 Å². The number of carbonyl (C=O) groups is 1. The molecule has 0 unspecified atom stereocenters. The van der Waals surface area contributed by atoms with Gasteiger partial charge in [0.1, 0.15) is 4.21 Å². The maximum Gasteiger partial charge on any atom is 0.271 e. The van der Waals surface area contributed by atoms with E-state index < -0.39 is 10.0 Å². The minimum absolute atomic E-state index is 0.201. The molecule has 0 bridgehead atoms. The molecule has 0 aliphatic carbocycles. The first-order chi connectivity index (χ1) is 12.5. The third-order valence-electron chi connectivity index (χ3n) is 3.75. The smallest absolute Gasteiger partial charge is 0.271 e. The lowest BCUT2D eigenvalue weighted by molar-refractivity contribution is 0.0952. The Hall–Kier alpha value is -2.64. The van der Waals surface area contributed by atoms with Crippen LogP contribution in [0.1, 0.15) is 21.5 Å². The molecule has 2 aromatic carbocycles. The summed E-state index contributed by atoms with van der Waals surface area (Å²) in [5.41, 5.74) is 2.65. The van der Waals surface area contributed by atoms with Gasteiger partial charge >= 0.3 is 0 Å². The fraction of sp³-hybridized carbons (Fsp3) is 0.105. The number of benzene rings is 2. The van der Waals surface area contributed by atoms with Gasteiger partial charge in [0.05, 0.1) is 11.3 Å². The molecule has 1 aromatic heterocycles. The Kier molecular flexibility index (Phi) is 5.39. The highest BCUT2D eigenvalue weighted by Gasteiger charge is 2.19. The number of anilines is 1. The molecule has 3 rings (SSSR count). The summed E-state index contributed by atoms with van der Waals surface area (Å²) in [6.07, 6.45) is 0. The van der Waals surface area contributed by atoms with Gasteiger partial charge in [-0.1, -0.05) is 48.0 Å². The first-order valence-corrected chi connectivity index (χ1v) is 10.3. The predicted molar refractivity (Wildman–Crippen MR) is 104 cm³/mol. The Balaban J connectivity index is 1.76. The SMILES string of the molecule is Cc1ccc(CNC(=O)c2ccccc2NS(=O)(=O)c2cccs2)cc1. The third kappa shape index (κ3) is 4.30. The van der Waals surface area contributed by atoms with E-state index in [9.17, 15) is 13.2 Å². The van der Waals surface area contributed by atoms with Crippen molar-refractivity contribution in [2.45, 2.75) is 17.7 Å². The fourth-order valence-corrected chi connectivity index (χ4v) is 4.44. The van der Waals surface area contributed by atoms with Crippen LogP contribution in [0.5, 0.6) is 0 Å². The van der Waals surface area contributed by atoms with Crippen LogP contribution in [0.4, 0.5) is 5.69 Å². The van der Waals surface area contributed by atoms with Gasteiger partial charge in [-0.3, -0.25) is 9.52 Å². The topological polar surface area (TPSA) is 75.3 Å². The minimum Gasteiger partial charge on any atom is -0.348 e. The number of para-hydroxylation sites is 1. The van der Waals surface area contributed by atoms with Crippen molar-refractivity contribution in [1.29, 1.82) is 0 Å². The first kappa shape index (κ1) is 18.2. The van der Waals surface area contributed by atoms with Gasteiger partial charge in [-0.2, -0.15) is 0 Å². The summed E-state index contributed by atoms with van der Waals surface area (Å²) < 4.78 is 27.5. The molecule has 1 heterocycles. The standard InChI is InChI=1S/C19H18N2O3S2/c1-14-8-10-15(11-9-14)13-20-19(22)16-5-2-3-6-17(16)21-26(23,24)18-7-4-12-25-18/h2-12,21H,13H2,1H3,(H,20,22). The second-order valence-corrected chi connectivity index (χ2v) is 8.61. The van der Waals surface area contributed by atoms with Crippen molar-refractivity contribution < 1.29 is 13.2 Å². The van der Waals surface area contributed by atoms with Gasteiger partial charge < -0.3 is 5.32 Å². The summed E-state index contributed by atoms with van der Waals surface area (Å²) in [6, 6.07) is 17.6. The molecule has 5 nitrogen and oxygen atoms in total. The number of sulfonamides is 1. The van der Waals surface area contributed by atoms with Crippen molar-refractivity contribution in [3.8, 4) is 0 Å². The van der Waals surface area contributed by atoms with Gasteiger partial charge in [0.15, 0.2) is 0 Å². The average molecular weight is 386 g/mol. The Morgan fingerprint density at radius 2 is 1.73 bits per heavy atom. The molecule has 7 heteroatoms. The van der Waals surface area contributed by atoms with E-state index in [1.807, 2.05) is 31.2 Å². The maximum atomic E-state index is 12.5. The number of hydrogen-bond donors (Lipinski definition) is 2. The van der Waals surface area contributed by atoms with Crippen molar-refractivity contribution in [1.82, 2.24) is 5.32 Å². The molecule has 0 saturated carbocycles. The zero-order valence-electron chi connectivity index (χ0n) is 14.1. The number of thiophene rings is 1. The number of amides is 1. The highest BCUT2D eigenvalue weighted by atomic mass is 32.2. The zero-order chi connectivity index (χ0) is 18.6. The molecule has 0 aliphatic rings. The van der Waals surface area contributed by atoms with Crippen molar-refractivity contribution >= 4 is 33.0 Å². The summed E-state index contributed by atoms with van der Waals surface area (Å²) in [7, 11) is -3.71. The van der Waals surface area contributed by atoms with Gasteiger partial charge in [0, 0.05) is 6.54 Å². The molecule has 0 atom stereocenters. The number of nitrogens with one attached hydrogen (secondary N) is 2. The lowest BCUT2D eigenvalue weighted by Crippen LogP contribution is -2.24. The normalized spacial score (nSPS) is 11.1. The monoisotopic (exact) mass is 386 g/mol. The summed E-state index contributed by atoms with van der Waals surface area (Å²) in [4.78, 5) is 12.5. The van der Waals surface area contributed by atoms with Crippen LogP contribution in [0.3, 0.4) is 0 Å². The van der Waals surface area contributed by atoms with Crippen LogP contribution >= 0.6 is 11.3 Å². The van der Waals surface area contributed by atoms with Crippen LogP contribution < -0.4 is 10.0 Å². The Morgan fingerprint density at radius 3 is 2.42 bits per heavy atom. The minimum atomic E-state index is -3.71. The maximum absolute atomic E-state index is 12.5. The van der Waals surface area contributed by atoms with Gasteiger partial charge in [0.25, 0.3) is 15.9 Å². The summed E-state index contributed by atoms with van der Waals surface area (Å²) in [5, 5.41) is 4.51. The molecule has 0 radical (unpaired) electrons. The lowest BCUT2D eigenvalue weighted by Gasteiger charge is -2.12. The number of aryl methyl sites for hydroxylation is 1. The Bertz CT molecular complexity index is 996. The number of hydrogen-bond acceptors (Lipinski definition) is 4. The highest BCUT2D eigenvalue weighted by molar-refractivity contribution is 7.94. The van der Waals surface area contributed by atoms with Crippen molar-refractivity contribution in [2.24, 2.45) is 0 Å². The molecule has 0 aliphatic heterocycles. The Labute approximate surface area is 156 Å². The van der Waals surface area contributed by atoms with Crippen molar-refractivity contribution in [2.75, 3.05) is 4.72 Å². The lowest BCUT2D eigenvalue weighted by atomic mass is 10.1. The van der Waals surface area contributed by atoms with Crippen LogP contribution in [0, 0.1) is 6.92 Å². The number of carbonyl (C=O) groups excluding carboxylic acids is 1. The van der Waals surface area contributed by atoms with Crippen molar-refractivity contribution in [3.05, 3.63) is 82.7 Å².